The van der Waals surface area contributed by atoms with E-state index in [2.05, 4.69) is 4.99 Å². The summed E-state index contributed by atoms with van der Waals surface area (Å²) in [5.41, 5.74) is 1.04. The Morgan fingerprint density at radius 1 is 1.15 bits per heavy atom. The Morgan fingerprint density at radius 2 is 1.93 bits per heavy atom. The number of ether oxygens (including phenoxy) is 4. The molecule has 0 N–H and O–H groups in total. The lowest BCUT2D eigenvalue weighted by molar-refractivity contribution is -0.385. The average molecular weight is 568 g/mol. The van der Waals surface area contributed by atoms with Crippen molar-refractivity contribution in [1.29, 1.82) is 0 Å². The van der Waals surface area contributed by atoms with Gasteiger partial charge in [0.25, 0.3) is 5.56 Å². The Labute approximate surface area is 233 Å². The van der Waals surface area contributed by atoms with Gasteiger partial charge in [0.2, 0.25) is 0 Å². The number of nitro benzene ring substituents is 1. The van der Waals surface area contributed by atoms with Gasteiger partial charge in [-0.05, 0) is 37.1 Å². The van der Waals surface area contributed by atoms with Crippen LogP contribution >= 0.6 is 11.3 Å². The quantitative estimate of drug-likeness (QED) is 0.149. The summed E-state index contributed by atoms with van der Waals surface area (Å²) in [6, 6.07) is 10.8. The maximum atomic E-state index is 13.9. The maximum absolute atomic E-state index is 13.9. The third-order valence-corrected chi connectivity index (χ3v) is 7.12. The molecular weight excluding hydrogens is 538 g/mol. The molecule has 0 spiro atoms. The van der Waals surface area contributed by atoms with Gasteiger partial charge in [-0.3, -0.25) is 19.5 Å². The Morgan fingerprint density at radius 3 is 2.62 bits per heavy atom. The fraction of sp³-hybridized carbons (Fsp3) is 0.321. The molecule has 1 aliphatic heterocycles. The van der Waals surface area contributed by atoms with Gasteiger partial charge in [-0.2, -0.15) is 0 Å². The van der Waals surface area contributed by atoms with E-state index in [4.69, 9.17) is 18.9 Å². The van der Waals surface area contributed by atoms with Crippen molar-refractivity contribution in [3.05, 3.63) is 94.7 Å². The second kappa shape index (κ2) is 12.7. The molecule has 0 radical (unpaired) electrons. The Balaban J connectivity index is 1.91. The topological polar surface area (TPSA) is 131 Å². The van der Waals surface area contributed by atoms with Crippen molar-refractivity contribution in [3.8, 4) is 11.5 Å². The normalized spacial score (nSPS) is 14.9. The SMILES string of the molecule is CCCOc1ccccc1[C@@H]1C(C(=O)OCCOC)=C(C)N=c2s/c(=C/c3ccc(OC)c([N+](=O)[O-])c3)c(=O)n21. The number of carbonyl (C=O) groups excluding carboxylic acids is 1. The van der Waals surface area contributed by atoms with Crippen molar-refractivity contribution < 1.29 is 28.7 Å². The summed E-state index contributed by atoms with van der Waals surface area (Å²) in [6.07, 6.45) is 2.33. The minimum absolute atomic E-state index is 0.0352. The number of benzene rings is 2. The summed E-state index contributed by atoms with van der Waals surface area (Å²) in [7, 11) is 2.85. The molecule has 0 fully saturated rings. The van der Waals surface area contributed by atoms with Gasteiger partial charge in [-0.1, -0.05) is 42.5 Å². The number of methoxy groups -OCH3 is 2. The molecule has 0 aliphatic carbocycles. The highest BCUT2D eigenvalue weighted by Crippen LogP contribution is 2.36. The first kappa shape index (κ1) is 28.7. The summed E-state index contributed by atoms with van der Waals surface area (Å²) in [5, 5.41) is 11.5. The molecule has 0 bridgehead atoms. The van der Waals surface area contributed by atoms with Crippen LogP contribution in [-0.2, 0) is 14.3 Å². The molecule has 1 atom stereocenters. The number of nitrogens with zero attached hydrogens (tertiary/aromatic N) is 3. The molecule has 12 heteroatoms. The molecular formula is C28H29N3O8S. The number of fused-ring (bicyclic) bond motifs is 1. The third-order valence-electron chi connectivity index (χ3n) is 6.13. The van der Waals surface area contributed by atoms with Crippen LogP contribution in [0.1, 0.15) is 37.4 Å². The van der Waals surface area contributed by atoms with E-state index in [1.54, 1.807) is 31.2 Å². The molecule has 1 aliphatic rings. The minimum atomic E-state index is -0.869. The lowest BCUT2D eigenvalue weighted by Gasteiger charge is -2.26. The monoisotopic (exact) mass is 567 g/mol. The zero-order valence-electron chi connectivity index (χ0n) is 22.5. The van der Waals surface area contributed by atoms with E-state index in [1.165, 1.54) is 30.9 Å². The number of hydrogen-bond acceptors (Lipinski definition) is 10. The number of thiazole rings is 1. The highest BCUT2D eigenvalue weighted by atomic mass is 32.1. The van der Waals surface area contributed by atoms with Crippen LogP contribution in [0.5, 0.6) is 11.5 Å². The molecule has 210 valence electrons. The molecule has 1 aromatic heterocycles. The van der Waals surface area contributed by atoms with Crippen LogP contribution in [0.25, 0.3) is 6.08 Å². The number of aromatic nitrogens is 1. The molecule has 3 aromatic rings. The average Bonchev–Trinajstić information content (AvgIpc) is 3.25. The van der Waals surface area contributed by atoms with Gasteiger partial charge >= 0.3 is 11.7 Å². The second-order valence-corrected chi connectivity index (χ2v) is 9.79. The summed E-state index contributed by atoms with van der Waals surface area (Å²) < 4.78 is 23.3. The standard InChI is InChI=1S/C28H29N3O8S/c1-5-12-38-21-9-7-6-8-19(21)25-24(27(33)39-14-13-36-3)17(2)29-28-30(25)26(32)23(40-28)16-18-10-11-22(37-4)20(15-18)31(34)35/h6-11,15-16,25H,5,12-14H2,1-4H3/b23-16+/t25-/m1/s1. The highest BCUT2D eigenvalue weighted by Gasteiger charge is 2.35. The van der Waals surface area contributed by atoms with Gasteiger partial charge in [0.1, 0.15) is 18.4 Å². The summed E-state index contributed by atoms with van der Waals surface area (Å²) >= 11 is 1.12. The number of esters is 1. The first-order valence-electron chi connectivity index (χ1n) is 12.5. The second-order valence-electron chi connectivity index (χ2n) is 8.79. The minimum Gasteiger partial charge on any atom is -0.493 e. The van der Waals surface area contributed by atoms with E-state index in [0.29, 0.717) is 34.0 Å². The predicted molar refractivity (Wildman–Crippen MR) is 148 cm³/mol. The maximum Gasteiger partial charge on any atom is 0.338 e. The first-order valence-corrected chi connectivity index (χ1v) is 13.3. The molecule has 4 rings (SSSR count). The van der Waals surface area contributed by atoms with E-state index >= 15 is 0 Å². The number of carbonyl (C=O) groups is 1. The van der Waals surface area contributed by atoms with Crippen LogP contribution in [-0.4, -0.2) is 49.5 Å². The number of allylic oxidation sites excluding steroid dienone is 1. The third kappa shape index (κ3) is 5.82. The van der Waals surface area contributed by atoms with E-state index in [-0.39, 0.29) is 34.8 Å². The smallest absolute Gasteiger partial charge is 0.338 e. The first-order chi connectivity index (χ1) is 19.3. The molecule has 40 heavy (non-hydrogen) atoms. The predicted octanol–water partition coefficient (Wildman–Crippen LogP) is 3.13. The van der Waals surface area contributed by atoms with Crippen LogP contribution in [0.4, 0.5) is 5.69 Å². The fourth-order valence-corrected chi connectivity index (χ4v) is 5.36. The van der Waals surface area contributed by atoms with Crippen molar-refractivity contribution in [2.45, 2.75) is 26.3 Å². The zero-order chi connectivity index (χ0) is 28.8. The van der Waals surface area contributed by atoms with Crippen molar-refractivity contribution in [3.63, 3.8) is 0 Å². The molecule has 0 amide bonds. The summed E-state index contributed by atoms with van der Waals surface area (Å²) in [5.74, 6) is 0.0276. The van der Waals surface area contributed by atoms with Crippen LogP contribution in [0.3, 0.4) is 0 Å². The van der Waals surface area contributed by atoms with Crippen LogP contribution in [0.2, 0.25) is 0 Å². The van der Waals surface area contributed by atoms with Crippen molar-refractivity contribution in [1.82, 2.24) is 4.57 Å². The fourth-order valence-electron chi connectivity index (χ4n) is 4.31. The molecule has 0 unspecified atom stereocenters. The highest BCUT2D eigenvalue weighted by molar-refractivity contribution is 7.07. The van der Waals surface area contributed by atoms with Crippen molar-refractivity contribution in [2.24, 2.45) is 4.99 Å². The Kier molecular flexibility index (Phi) is 9.12. The van der Waals surface area contributed by atoms with Crippen LogP contribution in [0.15, 0.2) is 63.5 Å². The molecule has 11 nitrogen and oxygen atoms in total. The number of nitro groups is 1. The van der Waals surface area contributed by atoms with Crippen molar-refractivity contribution >= 4 is 29.1 Å². The van der Waals surface area contributed by atoms with Gasteiger partial charge < -0.3 is 18.9 Å². The Bertz CT molecular complexity index is 1640. The van der Waals surface area contributed by atoms with Crippen molar-refractivity contribution in [2.75, 3.05) is 34.0 Å². The van der Waals surface area contributed by atoms with Gasteiger partial charge in [0.05, 0.1) is 41.0 Å². The molecule has 0 saturated carbocycles. The lowest BCUT2D eigenvalue weighted by Crippen LogP contribution is -2.40. The molecule has 0 saturated heterocycles. The van der Waals surface area contributed by atoms with Gasteiger partial charge in [-0.25, -0.2) is 9.79 Å². The van der Waals surface area contributed by atoms with E-state index in [0.717, 1.165) is 17.8 Å². The van der Waals surface area contributed by atoms with Crippen LogP contribution < -0.4 is 24.4 Å². The van der Waals surface area contributed by atoms with E-state index < -0.39 is 22.5 Å². The van der Waals surface area contributed by atoms with Gasteiger partial charge in [0.15, 0.2) is 10.6 Å². The number of para-hydroxylation sites is 1. The Hall–Kier alpha value is -4.29. The summed E-state index contributed by atoms with van der Waals surface area (Å²) in [4.78, 5) is 43.2. The van der Waals surface area contributed by atoms with Gasteiger partial charge in [0, 0.05) is 18.7 Å². The summed E-state index contributed by atoms with van der Waals surface area (Å²) in [6.45, 7) is 4.38. The zero-order valence-corrected chi connectivity index (χ0v) is 23.4. The lowest BCUT2D eigenvalue weighted by atomic mass is 9.95. The van der Waals surface area contributed by atoms with E-state index in [9.17, 15) is 19.7 Å². The van der Waals surface area contributed by atoms with E-state index in [1.807, 2.05) is 19.1 Å². The van der Waals surface area contributed by atoms with Crippen LogP contribution in [0, 0.1) is 10.1 Å². The number of rotatable bonds is 11. The molecule has 2 heterocycles. The molecule has 2 aromatic carbocycles. The van der Waals surface area contributed by atoms with Gasteiger partial charge in [-0.15, -0.1) is 0 Å². The number of hydrogen-bond donors (Lipinski definition) is 0. The largest absolute Gasteiger partial charge is 0.493 e.